The van der Waals surface area contributed by atoms with Crippen LogP contribution in [0.1, 0.15) is 12.8 Å². The van der Waals surface area contributed by atoms with Crippen molar-refractivity contribution >= 4 is 29.5 Å². The molecule has 1 atom stereocenters. The van der Waals surface area contributed by atoms with Gasteiger partial charge in [-0.3, -0.25) is 19.7 Å². The van der Waals surface area contributed by atoms with Crippen LogP contribution in [0.3, 0.4) is 0 Å². The summed E-state index contributed by atoms with van der Waals surface area (Å²) in [4.78, 5) is 34.3. The van der Waals surface area contributed by atoms with Crippen molar-refractivity contribution in [2.75, 3.05) is 5.75 Å². The van der Waals surface area contributed by atoms with Gasteiger partial charge < -0.3 is 5.32 Å². The first-order valence-electron chi connectivity index (χ1n) is 6.16. The van der Waals surface area contributed by atoms with Crippen molar-refractivity contribution in [1.29, 1.82) is 0 Å². The van der Waals surface area contributed by atoms with Gasteiger partial charge in [0.25, 0.3) is 0 Å². The van der Waals surface area contributed by atoms with Gasteiger partial charge in [-0.05, 0) is 18.6 Å². The number of hydrogen-bond acceptors (Lipinski definition) is 4. The lowest BCUT2D eigenvalue weighted by Crippen LogP contribution is -2.52. The van der Waals surface area contributed by atoms with E-state index >= 15 is 0 Å². The molecule has 0 bridgehead atoms. The lowest BCUT2D eigenvalue weighted by molar-refractivity contribution is -0.136. The largest absolute Gasteiger partial charge is 0.344 e. The molecule has 1 unspecified atom stereocenters. The van der Waals surface area contributed by atoms with E-state index in [1.165, 1.54) is 6.07 Å². The molecule has 1 fully saturated rings. The molecule has 0 aliphatic carbocycles. The second-order valence-electron chi connectivity index (χ2n) is 4.43. The maximum atomic E-state index is 13.4. The van der Waals surface area contributed by atoms with E-state index in [0.29, 0.717) is 0 Å². The Labute approximate surface area is 123 Å². The normalized spacial score (nSPS) is 18.3. The average Bonchev–Trinajstić information content (AvgIpc) is 2.41. The fourth-order valence-corrected chi connectivity index (χ4v) is 2.53. The third-order valence-corrected chi connectivity index (χ3v) is 3.88. The summed E-state index contributed by atoms with van der Waals surface area (Å²) in [5, 5.41) is 4.59. The van der Waals surface area contributed by atoms with Gasteiger partial charge in [0.2, 0.25) is 17.7 Å². The van der Waals surface area contributed by atoms with Crippen molar-refractivity contribution in [3.63, 3.8) is 0 Å². The van der Waals surface area contributed by atoms with Gasteiger partial charge >= 0.3 is 0 Å². The minimum Gasteiger partial charge on any atom is -0.344 e. The second kappa shape index (κ2) is 6.66. The maximum absolute atomic E-state index is 13.4. The molecule has 0 saturated carbocycles. The number of thioether (sulfide) groups is 1. The van der Waals surface area contributed by atoms with Crippen LogP contribution in [0.4, 0.5) is 8.78 Å². The molecule has 21 heavy (non-hydrogen) atoms. The first-order chi connectivity index (χ1) is 9.95. The zero-order valence-corrected chi connectivity index (χ0v) is 11.6. The Morgan fingerprint density at radius 2 is 2.14 bits per heavy atom. The van der Waals surface area contributed by atoms with E-state index in [1.54, 1.807) is 0 Å². The molecule has 5 nitrogen and oxygen atoms in total. The van der Waals surface area contributed by atoms with Crippen LogP contribution >= 0.6 is 11.8 Å². The molecule has 1 aliphatic heterocycles. The highest BCUT2D eigenvalue weighted by atomic mass is 32.2. The summed E-state index contributed by atoms with van der Waals surface area (Å²) < 4.78 is 26.1. The van der Waals surface area contributed by atoms with Gasteiger partial charge in [-0.25, -0.2) is 8.78 Å². The number of amides is 3. The Hall–Kier alpha value is -1.96. The Balaban J connectivity index is 1.85. The highest BCUT2D eigenvalue weighted by Gasteiger charge is 2.27. The monoisotopic (exact) mass is 314 g/mol. The molecule has 0 spiro atoms. The highest BCUT2D eigenvalue weighted by molar-refractivity contribution is 8.00. The van der Waals surface area contributed by atoms with Gasteiger partial charge in [0.1, 0.15) is 17.7 Å². The number of halogens is 2. The first-order valence-corrected chi connectivity index (χ1v) is 7.15. The van der Waals surface area contributed by atoms with Crippen LogP contribution in [-0.2, 0) is 14.4 Å². The molecule has 0 aromatic heterocycles. The van der Waals surface area contributed by atoms with E-state index < -0.39 is 29.5 Å². The maximum Gasteiger partial charge on any atom is 0.249 e. The average molecular weight is 314 g/mol. The van der Waals surface area contributed by atoms with Crippen LogP contribution in [0.25, 0.3) is 0 Å². The Bertz CT molecular complexity index is 595. The molecule has 2 N–H and O–H groups in total. The fourth-order valence-electron chi connectivity index (χ4n) is 1.80. The fraction of sp³-hybridized carbons (Fsp3) is 0.308. The van der Waals surface area contributed by atoms with Crippen molar-refractivity contribution in [3.05, 3.63) is 29.8 Å². The van der Waals surface area contributed by atoms with E-state index in [9.17, 15) is 23.2 Å². The molecule has 1 aliphatic rings. The van der Waals surface area contributed by atoms with Crippen LogP contribution in [-0.4, -0.2) is 29.5 Å². The Morgan fingerprint density at radius 1 is 1.38 bits per heavy atom. The van der Waals surface area contributed by atoms with E-state index in [2.05, 4.69) is 10.6 Å². The predicted octanol–water partition coefficient (Wildman–Crippen LogP) is 0.978. The lowest BCUT2D eigenvalue weighted by Gasteiger charge is -2.21. The molecule has 2 rings (SSSR count). The number of piperidine rings is 1. The number of rotatable bonds is 4. The van der Waals surface area contributed by atoms with Crippen molar-refractivity contribution in [2.45, 2.75) is 23.8 Å². The summed E-state index contributed by atoms with van der Waals surface area (Å²) in [5.74, 6) is -2.91. The van der Waals surface area contributed by atoms with Crippen LogP contribution < -0.4 is 10.6 Å². The number of hydrogen-bond donors (Lipinski definition) is 2. The zero-order chi connectivity index (χ0) is 15.4. The van der Waals surface area contributed by atoms with Crippen LogP contribution in [0, 0.1) is 11.6 Å². The van der Waals surface area contributed by atoms with E-state index in [-0.39, 0.29) is 29.4 Å². The summed E-state index contributed by atoms with van der Waals surface area (Å²) in [6.07, 6.45) is 0.405. The van der Waals surface area contributed by atoms with Gasteiger partial charge in [-0.1, -0.05) is 0 Å². The van der Waals surface area contributed by atoms with Gasteiger partial charge in [0.05, 0.1) is 5.75 Å². The Morgan fingerprint density at radius 3 is 2.81 bits per heavy atom. The van der Waals surface area contributed by atoms with Crippen LogP contribution in [0.5, 0.6) is 0 Å². The molecule has 1 saturated heterocycles. The minimum atomic E-state index is -0.756. The van der Waals surface area contributed by atoms with Crippen molar-refractivity contribution in [3.8, 4) is 0 Å². The quantitative estimate of drug-likeness (QED) is 0.642. The smallest absolute Gasteiger partial charge is 0.249 e. The summed E-state index contributed by atoms with van der Waals surface area (Å²) in [7, 11) is 0. The third kappa shape index (κ3) is 4.25. The second-order valence-corrected chi connectivity index (χ2v) is 5.45. The van der Waals surface area contributed by atoms with Gasteiger partial charge in [0.15, 0.2) is 0 Å². The van der Waals surface area contributed by atoms with Crippen molar-refractivity contribution < 1.29 is 23.2 Å². The van der Waals surface area contributed by atoms with E-state index in [4.69, 9.17) is 0 Å². The molecular weight excluding hydrogens is 302 g/mol. The first kappa shape index (κ1) is 15.4. The molecular formula is C13H12F2N2O3S. The predicted molar refractivity (Wildman–Crippen MR) is 71.4 cm³/mol. The lowest BCUT2D eigenvalue weighted by atomic mass is 10.1. The van der Waals surface area contributed by atoms with E-state index in [1.807, 2.05) is 0 Å². The molecule has 1 aromatic carbocycles. The number of carbonyl (C=O) groups is 3. The summed E-state index contributed by atoms with van der Waals surface area (Å²) >= 11 is 0.902. The van der Waals surface area contributed by atoms with Crippen molar-refractivity contribution in [1.82, 2.24) is 10.6 Å². The molecule has 112 valence electrons. The van der Waals surface area contributed by atoms with Gasteiger partial charge in [-0.15, -0.1) is 11.8 Å². The number of carbonyl (C=O) groups excluding carboxylic acids is 3. The number of nitrogens with one attached hydrogen (secondary N) is 2. The topological polar surface area (TPSA) is 75.3 Å². The van der Waals surface area contributed by atoms with Gasteiger partial charge in [-0.2, -0.15) is 0 Å². The van der Waals surface area contributed by atoms with Crippen LogP contribution in [0.15, 0.2) is 23.1 Å². The van der Waals surface area contributed by atoms with Gasteiger partial charge in [0, 0.05) is 17.4 Å². The van der Waals surface area contributed by atoms with Crippen molar-refractivity contribution in [2.24, 2.45) is 0 Å². The molecule has 1 aromatic rings. The summed E-state index contributed by atoms with van der Waals surface area (Å²) in [6, 6.07) is 2.33. The number of imide groups is 1. The SMILES string of the molecule is O=C1CCC(NC(=O)CSc2ccc(F)cc2F)C(=O)N1. The standard InChI is InChI=1S/C13H12F2N2O3S/c14-7-1-3-10(8(15)5-7)21-6-12(19)16-9-2-4-11(18)17-13(9)20/h1,3,5,9H,2,4,6H2,(H,16,19)(H,17,18,20). The number of benzene rings is 1. The highest BCUT2D eigenvalue weighted by Crippen LogP contribution is 2.22. The molecule has 8 heteroatoms. The molecule has 0 radical (unpaired) electrons. The molecule has 1 heterocycles. The summed E-state index contributed by atoms with van der Waals surface area (Å²) in [5.41, 5.74) is 0. The summed E-state index contributed by atoms with van der Waals surface area (Å²) in [6.45, 7) is 0. The third-order valence-electron chi connectivity index (χ3n) is 2.83. The minimum absolute atomic E-state index is 0.111. The zero-order valence-electron chi connectivity index (χ0n) is 10.8. The van der Waals surface area contributed by atoms with Crippen LogP contribution in [0.2, 0.25) is 0 Å². The Kier molecular flexibility index (Phi) is 4.89. The van der Waals surface area contributed by atoms with E-state index in [0.717, 1.165) is 23.9 Å². The molecule has 3 amide bonds.